The summed E-state index contributed by atoms with van der Waals surface area (Å²) >= 11 is 0. The van der Waals surface area contributed by atoms with Crippen molar-refractivity contribution in [2.45, 2.75) is 12.8 Å². The zero-order chi connectivity index (χ0) is 17.6. The van der Waals surface area contributed by atoms with E-state index in [-0.39, 0.29) is 54.4 Å². The number of methoxy groups -OCH3 is 1. The molecule has 1 heterocycles. The van der Waals surface area contributed by atoms with Crippen LogP contribution in [0.4, 0.5) is 5.69 Å². The minimum absolute atomic E-state index is 0.0811. The predicted molar refractivity (Wildman–Crippen MR) is 90.7 cm³/mol. The van der Waals surface area contributed by atoms with Gasteiger partial charge in [0, 0.05) is 13.0 Å². The van der Waals surface area contributed by atoms with Crippen LogP contribution in [-0.2, 0) is 14.4 Å². The Morgan fingerprint density at radius 3 is 2.44 bits per heavy atom. The van der Waals surface area contributed by atoms with Crippen LogP contribution in [0.3, 0.4) is 0 Å². The average Bonchev–Trinajstić information content (AvgIpc) is 3.28. The maximum absolute atomic E-state index is 12.6. The molecule has 2 fully saturated rings. The van der Waals surface area contributed by atoms with Crippen molar-refractivity contribution < 1.29 is 19.1 Å². The number of nitrogens with zero attached hydrogens (tertiary/aromatic N) is 1. The first-order valence-corrected chi connectivity index (χ1v) is 8.56. The van der Waals surface area contributed by atoms with E-state index in [4.69, 9.17) is 4.74 Å². The Balaban J connectivity index is 1.38. The van der Waals surface area contributed by atoms with Crippen LogP contribution in [0, 0.1) is 23.7 Å². The largest absolute Gasteiger partial charge is 0.495 e. The fourth-order valence-corrected chi connectivity index (χ4v) is 4.36. The Bertz CT molecular complexity index is 742. The van der Waals surface area contributed by atoms with Gasteiger partial charge in [-0.25, -0.2) is 0 Å². The van der Waals surface area contributed by atoms with E-state index in [1.54, 1.807) is 18.2 Å². The molecule has 4 rings (SSSR count). The molecule has 2 bridgehead atoms. The van der Waals surface area contributed by atoms with Gasteiger partial charge in [0.2, 0.25) is 17.7 Å². The molecule has 2 aliphatic carbocycles. The van der Waals surface area contributed by atoms with E-state index >= 15 is 0 Å². The number of amides is 3. The zero-order valence-electron chi connectivity index (χ0n) is 14.0. The Kier molecular flexibility index (Phi) is 3.82. The highest BCUT2D eigenvalue weighted by atomic mass is 16.5. The highest BCUT2D eigenvalue weighted by Gasteiger charge is 2.58. The second kappa shape index (κ2) is 6.02. The number of nitrogens with one attached hydrogen (secondary N) is 1. The second-order valence-electron chi connectivity index (χ2n) is 6.83. The number of likely N-dealkylation sites (tertiary alicyclic amines) is 1. The minimum Gasteiger partial charge on any atom is -0.495 e. The molecule has 1 aromatic rings. The second-order valence-corrected chi connectivity index (χ2v) is 6.83. The third-order valence-corrected chi connectivity index (χ3v) is 5.51. The van der Waals surface area contributed by atoms with Crippen molar-refractivity contribution in [3.8, 4) is 5.75 Å². The van der Waals surface area contributed by atoms with Crippen LogP contribution in [0.15, 0.2) is 36.4 Å². The monoisotopic (exact) mass is 340 g/mol. The number of carbonyl (C=O) groups is 3. The van der Waals surface area contributed by atoms with Gasteiger partial charge in [-0.3, -0.25) is 19.3 Å². The van der Waals surface area contributed by atoms with Gasteiger partial charge in [0.15, 0.2) is 0 Å². The third-order valence-electron chi connectivity index (χ3n) is 5.51. The molecule has 1 aromatic carbocycles. The molecule has 130 valence electrons. The maximum Gasteiger partial charge on any atom is 0.233 e. The van der Waals surface area contributed by atoms with Gasteiger partial charge in [-0.2, -0.15) is 0 Å². The van der Waals surface area contributed by atoms with E-state index in [2.05, 4.69) is 17.5 Å². The number of benzene rings is 1. The SMILES string of the molecule is COc1ccccc1NC(=O)CCN1C(=O)[C@H]2[C@H](C1=O)[C@H]1C=C[C@H]2C1. The summed E-state index contributed by atoms with van der Waals surface area (Å²) < 4.78 is 5.20. The Morgan fingerprint density at radius 2 is 1.80 bits per heavy atom. The van der Waals surface area contributed by atoms with Crippen molar-refractivity contribution >= 4 is 23.4 Å². The van der Waals surface area contributed by atoms with Gasteiger partial charge in [0.25, 0.3) is 0 Å². The van der Waals surface area contributed by atoms with Crippen molar-refractivity contribution in [2.75, 3.05) is 19.0 Å². The van der Waals surface area contributed by atoms with Gasteiger partial charge in [-0.15, -0.1) is 0 Å². The van der Waals surface area contributed by atoms with Crippen LogP contribution >= 0.6 is 0 Å². The molecule has 25 heavy (non-hydrogen) atoms. The smallest absolute Gasteiger partial charge is 0.233 e. The normalized spacial score (nSPS) is 29.2. The number of allylic oxidation sites excluding steroid dienone is 2. The summed E-state index contributed by atoms with van der Waals surface area (Å²) in [4.78, 5) is 38.6. The van der Waals surface area contributed by atoms with Crippen LogP contribution in [-0.4, -0.2) is 36.3 Å². The summed E-state index contributed by atoms with van der Waals surface area (Å²) in [6, 6.07) is 7.12. The van der Waals surface area contributed by atoms with Crippen molar-refractivity contribution in [3.05, 3.63) is 36.4 Å². The van der Waals surface area contributed by atoms with Gasteiger partial charge >= 0.3 is 0 Å². The number of anilines is 1. The molecule has 3 aliphatic rings. The van der Waals surface area contributed by atoms with Crippen molar-refractivity contribution in [1.82, 2.24) is 4.90 Å². The number of fused-ring (bicyclic) bond motifs is 5. The van der Waals surface area contributed by atoms with Gasteiger partial charge < -0.3 is 10.1 Å². The number of hydrogen-bond donors (Lipinski definition) is 1. The van der Waals surface area contributed by atoms with Crippen LogP contribution in [0.25, 0.3) is 0 Å². The maximum atomic E-state index is 12.6. The van der Waals surface area contributed by atoms with Crippen LogP contribution < -0.4 is 10.1 Å². The lowest BCUT2D eigenvalue weighted by molar-refractivity contribution is -0.140. The first-order chi connectivity index (χ1) is 12.1. The average molecular weight is 340 g/mol. The molecule has 6 heteroatoms. The molecular weight excluding hydrogens is 320 g/mol. The number of ether oxygens (including phenoxy) is 1. The van der Waals surface area contributed by atoms with Gasteiger partial charge in [-0.05, 0) is 30.4 Å². The van der Waals surface area contributed by atoms with E-state index in [1.165, 1.54) is 12.0 Å². The molecule has 0 spiro atoms. The Morgan fingerprint density at radius 1 is 1.16 bits per heavy atom. The predicted octanol–water partition coefficient (Wildman–Crippen LogP) is 1.83. The van der Waals surface area contributed by atoms with Crippen LogP contribution in [0.2, 0.25) is 0 Å². The van der Waals surface area contributed by atoms with Gasteiger partial charge in [-0.1, -0.05) is 24.3 Å². The fourth-order valence-electron chi connectivity index (χ4n) is 4.36. The molecule has 1 aliphatic heterocycles. The lowest BCUT2D eigenvalue weighted by Gasteiger charge is -2.17. The van der Waals surface area contributed by atoms with E-state index in [0.717, 1.165) is 6.42 Å². The van der Waals surface area contributed by atoms with E-state index in [0.29, 0.717) is 11.4 Å². The lowest BCUT2D eigenvalue weighted by Crippen LogP contribution is -2.35. The first-order valence-electron chi connectivity index (χ1n) is 8.56. The number of rotatable bonds is 5. The van der Waals surface area contributed by atoms with Gasteiger partial charge in [0.1, 0.15) is 5.75 Å². The molecule has 1 saturated heterocycles. The van der Waals surface area contributed by atoms with Gasteiger partial charge in [0.05, 0.1) is 24.6 Å². The number of carbonyl (C=O) groups excluding carboxylic acids is 3. The van der Waals surface area contributed by atoms with E-state index < -0.39 is 0 Å². The van der Waals surface area contributed by atoms with Crippen molar-refractivity contribution in [1.29, 1.82) is 0 Å². The molecule has 4 atom stereocenters. The summed E-state index contributed by atoms with van der Waals surface area (Å²) in [5.41, 5.74) is 0.577. The first kappa shape index (κ1) is 15.9. The number of hydrogen-bond acceptors (Lipinski definition) is 4. The Hall–Kier alpha value is -2.63. The highest BCUT2D eigenvalue weighted by molar-refractivity contribution is 6.06. The number of imide groups is 1. The van der Waals surface area contributed by atoms with Crippen LogP contribution in [0.1, 0.15) is 12.8 Å². The summed E-state index contributed by atoms with van der Waals surface area (Å²) in [6.45, 7) is 0.130. The molecule has 1 N–H and O–H groups in total. The summed E-state index contributed by atoms with van der Waals surface area (Å²) in [5, 5.41) is 2.77. The third kappa shape index (κ3) is 2.52. The summed E-state index contributed by atoms with van der Waals surface area (Å²) in [5.74, 6) is 0.0655. The van der Waals surface area contributed by atoms with Crippen molar-refractivity contribution in [2.24, 2.45) is 23.7 Å². The molecular formula is C19H20N2O4. The van der Waals surface area contributed by atoms with E-state index in [9.17, 15) is 14.4 Å². The number of para-hydroxylation sites is 2. The lowest BCUT2D eigenvalue weighted by atomic mass is 9.85. The van der Waals surface area contributed by atoms with E-state index in [1.807, 2.05) is 6.07 Å². The zero-order valence-corrected chi connectivity index (χ0v) is 14.0. The molecule has 0 unspecified atom stereocenters. The summed E-state index contributed by atoms with van der Waals surface area (Å²) in [7, 11) is 1.54. The highest BCUT2D eigenvalue weighted by Crippen LogP contribution is 2.52. The van der Waals surface area contributed by atoms with Crippen molar-refractivity contribution in [3.63, 3.8) is 0 Å². The molecule has 6 nitrogen and oxygen atoms in total. The molecule has 0 aromatic heterocycles. The minimum atomic E-state index is -0.247. The topological polar surface area (TPSA) is 75.7 Å². The standard InChI is InChI=1S/C19H20N2O4/c1-25-14-5-3-2-4-13(14)20-15(22)8-9-21-18(23)16-11-6-7-12(10-11)17(16)19(21)24/h2-7,11-12,16-17H,8-10H2,1H3,(H,20,22)/t11-,12-,16+,17+/m0/s1. The molecule has 3 amide bonds. The fraction of sp³-hybridized carbons (Fsp3) is 0.421. The quantitative estimate of drug-likeness (QED) is 0.655. The molecule has 1 saturated carbocycles. The van der Waals surface area contributed by atoms with Crippen LogP contribution in [0.5, 0.6) is 5.75 Å². The summed E-state index contributed by atoms with van der Waals surface area (Å²) in [6.07, 6.45) is 5.12. The molecule has 0 radical (unpaired) electrons. The Labute approximate surface area is 145 Å².